The lowest BCUT2D eigenvalue weighted by atomic mass is 9.78. The van der Waals surface area contributed by atoms with Gasteiger partial charge in [-0.1, -0.05) is 52.1 Å². The maximum atomic E-state index is 12.5. The number of nitrogens with zero attached hydrogens (tertiary/aromatic N) is 1. The first-order valence-electron chi connectivity index (χ1n) is 7.86. The van der Waals surface area contributed by atoms with E-state index in [-0.39, 0.29) is 17.9 Å². The van der Waals surface area contributed by atoms with E-state index in [1.165, 1.54) is 12.8 Å². The predicted molar refractivity (Wildman–Crippen MR) is 86.8 cm³/mol. The summed E-state index contributed by atoms with van der Waals surface area (Å²) < 4.78 is 0. The number of carbonyl (C=O) groups excluding carboxylic acids is 1. The van der Waals surface area contributed by atoms with E-state index in [0.29, 0.717) is 22.6 Å². The molecule has 3 unspecified atom stereocenters. The van der Waals surface area contributed by atoms with Gasteiger partial charge in [-0.05, 0) is 36.3 Å². The topological polar surface area (TPSA) is 42.0 Å². The number of rotatable bonds is 3. The van der Waals surface area contributed by atoms with Gasteiger partial charge < -0.3 is 5.32 Å². The van der Waals surface area contributed by atoms with Crippen LogP contribution in [0.5, 0.6) is 0 Å². The lowest BCUT2D eigenvalue weighted by molar-refractivity contribution is 0.0891. The SMILES string of the molecule is CC(C)c1cc(C(=O)NC2CCCC(C)C2C)cc(Cl)n1. The Hall–Kier alpha value is -1.09. The van der Waals surface area contributed by atoms with Crippen LogP contribution in [-0.2, 0) is 0 Å². The van der Waals surface area contributed by atoms with Gasteiger partial charge >= 0.3 is 0 Å². The second kappa shape index (κ2) is 6.78. The van der Waals surface area contributed by atoms with Crippen molar-refractivity contribution in [1.82, 2.24) is 10.3 Å². The minimum absolute atomic E-state index is 0.0350. The molecule has 2 rings (SSSR count). The van der Waals surface area contributed by atoms with Gasteiger partial charge in [-0.25, -0.2) is 4.98 Å². The maximum Gasteiger partial charge on any atom is 0.251 e. The Morgan fingerprint density at radius 2 is 2.05 bits per heavy atom. The Labute approximate surface area is 132 Å². The Balaban J connectivity index is 2.13. The molecule has 1 aliphatic carbocycles. The van der Waals surface area contributed by atoms with E-state index < -0.39 is 0 Å². The van der Waals surface area contributed by atoms with Crippen molar-refractivity contribution in [3.63, 3.8) is 0 Å². The van der Waals surface area contributed by atoms with Crippen LogP contribution < -0.4 is 5.32 Å². The highest BCUT2D eigenvalue weighted by Crippen LogP contribution is 2.29. The summed E-state index contributed by atoms with van der Waals surface area (Å²) in [6, 6.07) is 3.76. The summed E-state index contributed by atoms with van der Waals surface area (Å²) in [6.45, 7) is 8.59. The number of carbonyl (C=O) groups is 1. The third kappa shape index (κ3) is 3.97. The quantitative estimate of drug-likeness (QED) is 0.840. The lowest BCUT2D eigenvalue weighted by Gasteiger charge is -2.34. The average molecular weight is 309 g/mol. The van der Waals surface area contributed by atoms with E-state index in [1.807, 2.05) is 19.9 Å². The fraction of sp³-hybridized carbons (Fsp3) is 0.647. The summed E-state index contributed by atoms with van der Waals surface area (Å²) >= 11 is 6.04. The molecular weight excluding hydrogens is 284 g/mol. The molecule has 0 radical (unpaired) electrons. The number of pyridine rings is 1. The molecule has 1 heterocycles. The van der Waals surface area contributed by atoms with Gasteiger partial charge in [-0.2, -0.15) is 0 Å². The minimum Gasteiger partial charge on any atom is -0.349 e. The summed E-state index contributed by atoms with van der Waals surface area (Å²) in [5.74, 6) is 1.40. The Morgan fingerprint density at radius 3 is 2.71 bits per heavy atom. The van der Waals surface area contributed by atoms with Gasteiger partial charge in [0.1, 0.15) is 5.15 Å². The molecule has 1 saturated carbocycles. The van der Waals surface area contributed by atoms with E-state index in [0.717, 1.165) is 12.1 Å². The third-order valence-electron chi connectivity index (χ3n) is 4.69. The first-order chi connectivity index (χ1) is 9.88. The molecule has 0 aliphatic heterocycles. The molecule has 0 bridgehead atoms. The van der Waals surface area contributed by atoms with Crippen molar-refractivity contribution in [3.8, 4) is 0 Å². The Kier molecular flexibility index (Phi) is 5.26. The van der Waals surface area contributed by atoms with Crippen LogP contribution in [0.15, 0.2) is 12.1 Å². The zero-order valence-electron chi connectivity index (χ0n) is 13.3. The van der Waals surface area contributed by atoms with Gasteiger partial charge in [0.2, 0.25) is 0 Å². The molecular formula is C17H25ClN2O. The van der Waals surface area contributed by atoms with Gasteiger partial charge in [0, 0.05) is 17.3 Å². The molecule has 1 aliphatic rings. The van der Waals surface area contributed by atoms with Crippen LogP contribution in [-0.4, -0.2) is 16.9 Å². The van der Waals surface area contributed by atoms with Crippen molar-refractivity contribution < 1.29 is 4.79 Å². The molecule has 21 heavy (non-hydrogen) atoms. The molecule has 1 amide bonds. The van der Waals surface area contributed by atoms with Gasteiger partial charge in [0.25, 0.3) is 5.91 Å². The van der Waals surface area contributed by atoms with E-state index in [1.54, 1.807) is 6.07 Å². The number of hydrogen-bond donors (Lipinski definition) is 1. The standard InChI is InChI=1S/C17H25ClN2O/c1-10(2)15-8-13(9-16(18)19-15)17(21)20-14-7-5-6-11(3)12(14)4/h8-12,14H,5-7H2,1-4H3,(H,20,21). The zero-order valence-corrected chi connectivity index (χ0v) is 14.1. The van der Waals surface area contributed by atoms with Crippen molar-refractivity contribution in [2.24, 2.45) is 11.8 Å². The van der Waals surface area contributed by atoms with Crippen molar-refractivity contribution >= 4 is 17.5 Å². The van der Waals surface area contributed by atoms with Crippen molar-refractivity contribution in [2.45, 2.75) is 58.9 Å². The van der Waals surface area contributed by atoms with E-state index >= 15 is 0 Å². The van der Waals surface area contributed by atoms with Crippen LogP contribution in [0.2, 0.25) is 5.15 Å². The summed E-state index contributed by atoms with van der Waals surface area (Å²) in [4.78, 5) is 16.8. The normalized spacial score (nSPS) is 25.9. The second-order valence-electron chi connectivity index (χ2n) is 6.61. The monoisotopic (exact) mass is 308 g/mol. The van der Waals surface area contributed by atoms with Gasteiger partial charge in [0.15, 0.2) is 0 Å². The van der Waals surface area contributed by atoms with Crippen LogP contribution >= 0.6 is 11.6 Å². The molecule has 0 spiro atoms. The van der Waals surface area contributed by atoms with Crippen LogP contribution in [0.1, 0.15) is 68.9 Å². The first-order valence-corrected chi connectivity index (χ1v) is 8.24. The Morgan fingerprint density at radius 1 is 1.33 bits per heavy atom. The smallest absolute Gasteiger partial charge is 0.251 e. The molecule has 1 N–H and O–H groups in total. The number of nitrogens with one attached hydrogen (secondary N) is 1. The summed E-state index contributed by atoms with van der Waals surface area (Å²) in [6.07, 6.45) is 3.50. The third-order valence-corrected chi connectivity index (χ3v) is 4.88. The molecule has 1 aromatic rings. The maximum absolute atomic E-state index is 12.5. The van der Waals surface area contributed by atoms with Gasteiger partial charge in [-0.15, -0.1) is 0 Å². The number of hydrogen-bond acceptors (Lipinski definition) is 2. The molecule has 1 fully saturated rings. The predicted octanol–water partition coefficient (Wildman–Crippen LogP) is 4.41. The second-order valence-corrected chi connectivity index (χ2v) is 6.99. The van der Waals surface area contributed by atoms with E-state index in [2.05, 4.69) is 24.1 Å². The largest absolute Gasteiger partial charge is 0.349 e. The van der Waals surface area contributed by atoms with Crippen LogP contribution in [0, 0.1) is 11.8 Å². The van der Waals surface area contributed by atoms with Crippen molar-refractivity contribution in [3.05, 3.63) is 28.5 Å². The Bertz CT molecular complexity index is 516. The number of amides is 1. The van der Waals surface area contributed by atoms with Crippen LogP contribution in [0.3, 0.4) is 0 Å². The minimum atomic E-state index is -0.0350. The van der Waals surface area contributed by atoms with Gasteiger partial charge in [0.05, 0.1) is 0 Å². The van der Waals surface area contributed by atoms with Crippen LogP contribution in [0.25, 0.3) is 0 Å². The highest BCUT2D eigenvalue weighted by molar-refractivity contribution is 6.29. The average Bonchev–Trinajstić information content (AvgIpc) is 2.43. The molecule has 3 nitrogen and oxygen atoms in total. The molecule has 0 aromatic carbocycles. The zero-order chi connectivity index (χ0) is 15.6. The molecule has 4 heteroatoms. The first kappa shape index (κ1) is 16.3. The van der Waals surface area contributed by atoms with Crippen molar-refractivity contribution in [2.75, 3.05) is 0 Å². The number of aromatic nitrogens is 1. The fourth-order valence-corrected chi connectivity index (χ4v) is 3.20. The fourth-order valence-electron chi connectivity index (χ4n) is 2.98. The summed E-state index contributed by atoms with van der Waals surface area (Å²) in [5.41, 5.74) is 1.47. The number of halogens is 1. The van der Waals surface area contributed by atoms with Crippen LogP contribution in [0.4, 0.5) is 0 Å². The highest BCUT2D eigenvalue weighted by Gasteiger charge is 2.28. The van der Waals surface area contributed by atoms with E-state index in [9.17, 15) is 4.79 Å². The molecule has 3 atom stereocenters. The lowest BCUT2D eigenvalue weighted by Crippen LogP contribution is -2.43. The van der Waals surface area contributed by atoms with Crippen molar-refractivity contribution in [1.29, 1.82) is 0 Å². The summed E-state index contributed by atoms with van der Waals surface area (Å²) in [7, 11) is 0. The molecule has 116 valence electrons. The summed E-state index contributed by atoms with van der Waals surface area (Å²) in [5, 5.41) is 3.57. The molecule has 1 aromatic heterocycles. The molecule has 0 saturated heterocycles. The highest BCUT2D eigenvalue weighted by atomic mass is 35.5. The van der Waals surface area contributed by atoms with E-state index in [4.69, 9.17) is 11.6 Å². The van der Waals surface area contributed by atoms with Gasteiger partial charge in [-0.3, -0.25) is 4.79 Å².